The van der Waals surface area contributed by atoms with Crippen molar-refractivity contribution in [2.75, 3.05) is 31.1 Å². The number of imidazole rings is 1. The number of nitrogens with one attached hydrogen (secondary N) is 1. The molecule has 3 heterocycles. The number of carbonyl (C=O) groups excluding carboxylic acids is 1. The summed E-state index contributed by atoms with van der Waals surface area (Å²) in [4.78, 5) is 19.8. The average molecular weight is 545 g/mol. The molecule has 1 amide bonds. The number of piperazine rings is 1. The number of halogens is 2. The minimum Gasteiger partial charge on any atom is -0.314 e. The van der Waals surface area contributed by atoms with Gasteiger partial charge in [0.2, 0.25) is 5.95 Å². The number of carbonyl (C=O) groups is 1. The number of amides is 1. The Morgan fingerprint density at radius 1 is 1.11 bits per heavy atom. The van der Waals surface area contributed by atoms with Crippen LogP contribution in [0.2, 0.25) is 10.0 Å². The van der Waals surface area contributed by atoms with Crippen molar-refractivity contribution < 1.29 is 13.2 Å². The second kappa shape index (κ2) is 9.18. The summed E-state index contributed by atoms with van der Waals surface area (Å²) in [7, 11) is -3.94. The fourth-order valence-corrected chi connectivity index (χ4v) is 6.87. The molecule has 1 fully saturated rings. The highest BCUT2D eigenvalue weighted by Crippen LogP contribution is 2.44. The molecule has 3 aromatic rings. The molecule has 1 saturated heterocycles. The fourth-order valence-electron chi connectivity index (χ4n) is 4.73. The molecule has 0 radical (unpaired) electrons. The van der Waals surface area contributed by atoms with Crippen LogP contribution in [0.1, 0.15) is 18.1 Å². The van der Waals surface area contributed by atoms with Gasteiger partial charge in [0, 0.05) is 42.6 Å². The Balaban J connectivity index is 1.67. The third-order valence-corrected chi connectivity index (χ3v) is 8.78. The first-order chi connectivity index (χ1) is 17.1. The van der Waals surface area contributed by atoms with Crippen LogP contribution in [0.5, 0.6) is 0 Å². The van der Waals surface area contributed by atoms with E-state index in [0.717, 1.165) is 5.56 Å². The van der Waals surface area contributed by atoms with E-state index in [1.54, 1.807) is 49.4 Å². The van der Waals surface area contributed by atoms with Crippen LogP contribution in [0.15, 0.2) is 53.7 Å². The van der Waals surface area contributed by atoms with Crippen LogP contribution >= 0.6 is 23.2 Å². The highest BCUT2D eigenvalue weighted by Gasteiger charge is 2.52. The first-order valence-electron chi connectivity index (χ1n) is 11.2. The van der Waals surface area contributed by atoms with Crippen molar-refractivity contribution in [3.63, 3.8) is 0 Å². The molecule has 0 unspecified atom stereocenters. The summed E-state index contributed by atoms with van der Waals surface area (Å²) in [5.41, 5.74) is 0.313. The normalized spacial score (nSPS) is 20.4. The molecule has 5 rings (SSSR count). The van der Waals surface area contributed by atoms with E-state index in [1.165, 1.54) is 20.0 Å². The molecule has 12 heteroatoms. The van der Waals surface area contributed by atoms with E-state index in [4.69, 9.17) is 28.5 Å². The van der Waals surface area contributed by atoms with Crippen LogP contribution in [0.4, 0.5) is 11.6 Å². The molecule has 0 spiro atoms. The Hall–Kier alpha value is -2.94. The zero-order chi connectivity index (χ0) is 25.7. The quantitative estimate of drug-likeness (QED) is 0.527. The van der Waals surface area contributed by atoms with E-state index in [9.17, 15) is 13.2 Å². The predicted molar refractivity (Wildman–Crippen MR) is 136 cm³/mol. The van der Waals surface area contributed by atoms with E-state index >= 15 is 0 Å². The second-order valence-electron chi connectivity index (χ2n) is 8.91. The second-order valence-corrected chi connectivity index (χ2v) is 11.7. The van der Waals surface area contributed by atoms with Crippen molar-refractivity contribution in [1.29, 1.82) is 5.26 Å². The van der Waals surface area contributed by atoms with Gasteiger partial charge in [-0.3, -0.25) is 9.36 Å². The maximum atomic E-state index is 14.1. The maximum absolute atomic E-state index is 14.1. The van der Waals surface area contributed by atoms with Crippen LogP contribution < -0.4 is 10.2 Å². The summed E-state index contributed by atoms with van der Waals surface area (Å²) in [6.07, 6.45) is 1.48. The molecule has 1 aromatic heterocycles. The van der Waals surface area contributed by atoms with E-state index in [0.29, 0.717) is 47.5 Å². The zero-order valence-corrected chi connectivity index (χ0v) is 21.6. The number of benzene rings is 2. The number of sulfonamides is 1. The minimum atomic E-state index is -3.94. The summed E-state index contributed by atoms with van der Waals surface area (Å²) < 4.78 is 30.3. The average Bonchev–Trinajstić information content (AvgIpc) is 3.38. The minimum absolute atomic E-state index is 0.0560. The molecule has 1 N–H and O–H groups in total. The van der Waals surface area contributed by atoms with Crippen molar-refractivity contribution in [3.8, 4) is 6.07 Å². The van der Waals surface area contributed by atoms with Gasteiger partial charge in [-0.1, -0.05) is 35.3 Å². The molecule has 2 aliphatic heterocycles. The standard InChI is InChI=1S/C24H22Cl2N6O3S/c1-24(13-16-2-4-17(14-27)5-3-16)22(33)31(20-11-18(25)10-19(26)12-20)23-29-15-21(32(23)24)36(34,35)30-8-6-28-7-9-30/h2-5,10-12,15,28H,6-9,13H2,1H3/t24-/m1/s1. The zero-order valence-electron chi connectivity index (χ0n) is 19.3. The smallest absolute Gasteiger partial charge is 0.260 e. The lowest BCUT2D eigenvalue weighted by molar-refractivity contribution is -0.124. The maximum Gasteiger partial charge on any atom is 0.260 e. The number of hydrogen-bond donors (Lipinski definition) is 1. The first kappa shape index (κ1) is 24.7. The molecular weight excluding hydrogens is 523 g/mol. The van der Waals surface area contributed by atoms with E-state index in [2.05, 4.69) is 16.4 Å². The van der Waals surface area contributed by atoms with Crippen molar-refractivity contribution >= 4 is 50.8 Å². The summed E-state index contributed by atoms with van der Waals surface area (Å²) in [6.45, 7) is 3.40. The third-order valence-electron chi connectivity index (χ3n) is 6.49. The number of rotatable bonds is 5. The summed E-state index contributed by atoms with van der Waals surface area (Å²) in [5, 5.41) is 12.9. The molecule has 9 nitrogen and oxygen atoms in total. The van der Waals surface area contributed by atoms with Gasteiger partial charge in [0.15, 0.2) is 5.03 Å². The Morgan fingerprint density at radius 2 is 1.75 bits per heavy atom. The number of nitrogens with zero attached hydrogens (tertiary/aromatic N) is 5. The van der Waals surface area contributed by atoms with E-state index < -0.39 is 15.6 Å². The van der Waals surface area contributed by atoms with Crippen LogP contribution in [-0.2, 0) is 26.8 Å². The summed E-state index contributed by atoms with van der Waals surface area (Å²) in [6, 6.07) is 13.7. The Kier molecular flexibility index (Phi) is 6.31. The molecule has 0 aliphatic carbocycles. The lowest BCUT2D eigenvalue weighted by Gasteiger charge is -2.30. The van der Waals surface area contributed by atoms with Crippen LogP contribution in [-0.4, -0.2) is 54.4 Å². The van der Waals surface area contributed by atoms with E-state index in [1.807, 2.05) is 0 Å². The monoisotopic (exact) mass is 544 g/mol. The van der Waals surface area contributed by atoms with Crippen molar-refractivity contribution in [3.05, 3.63) is 69.8 Å². The molecule has 36 heavy (non-hydrogen) atoms. The Morgan fingerprint density at radius 3 is 2.36 bits per heavy atom. The van der Waals surface area contributed by atoms with Gasteiger partial charge in [-0.25, -0.2) is 18.3 Å². The number of fused-ring (bicyclic) bond motifs is 1. The molecule has 0 saturated carbocycles. The summed E-state index contributed by atoms with van der Waals surface area (Å²) >= 11 is 12.5. The Bertz CT molecular complexity index is 1470. The third kappa shape index (κ3) is 4.07. The Labute approximate surface area is 218 Å². The number of nitriles is 1. The van der Waals surface area contributed by atoms with Gasteiger partial charge in [0.1, 0.15) is 5.54 Å². The van der Waals surface area contributed by atoms with Crippen LogP contribution in [0, 0.1) is 11.3 Å². The molecule has 1 atom stereocenters. The van der Waals surface area contributed by atoms with Crippen molar-refractivity contribution in [2.24, 2.45) is 0 Å². The fraction of sp³-hybridized carbons (Fsp3) is 0.292. The number of hydrogen-bond acceptors (Lipinski definition) is 6. The molecule has 2 aliphatic rings. The largest absolute Gasteiger partial charge is 0.314 e. The van der Waals surface area contributed by atoms with E-state index in [-0.39, 0.29) is 23.3 Å². The van der Waals surface area contributed by atoms with Gasteiger partial charge >= 0.3 is 0 Å². The van der Waals surface area contributed by atoms with Gasteiger partial charge in [-0.2, -0.15) is 9.57 Å². The highest BCUT2D eigenvalue weighted by atomic mass is 35.5. The predicted octanol–water partition coefficient (Wildman–Crippen LogP) is 3.29. The van der Waals surface area contributed by atoms with Gasteiger partial charge in [-0.15, -0.1) is 0 Å². The highest BCUT2D eigenvalue weighted by molar-refractivity contribution is 7.89. The summed E-state index contributed by atoms with van der Waals surface area (Å²) in [5.74, 6) is -0.201. The lowest BCUT2D eigenvalue weighted by Crippen LogP contribution is -2.48. The van der Waals surface area contributed by atoms with Crippen LogP contribution in [0.3, 0.4) is 0 Å². The molecule has 186 valence electrons. The molecule has 2 aromatic carbocycles. The van der Waals surface area contributed by atoms with Gasteiger partial charge in [-0.05, 0) is 42.8 Å². The van der Waals surface area contributed by atoms with Gasteiger partial charge < -0.3 is 5.32 Å². The number of anilines is 2. The van der Waals surface area contributed by atoms with Crippen molar-refractivity contribution in [1.82, 2.24) is 19.2 Å². The van der Waals surface area contributed by atoms with Crippen molar-refractivity contribution in [2.45, 2.75) is 23.9 Å². The first-order valence-corrected chi connectivity index (χ1v) is 13.4. The molecule has 0 bridgehead atoms. The lowest BCUT2D eigenvalue weighted by atomic mass is 9.91. The topological polar surface area (TPSA) is 111 Å². The van der Waals surface area contributed by atoms with Gasteiger partial charge in [0.05, 0.1) is 23.5 Å². The van der Waals surface area contributed by atoms with Crippen LogP contribution in [0.25, 0.3) is 0 Å². The molecular formula is C24H22Cl2N6O3S. The SMILES string of the molecule is C[C@@]1(Cc2ccc(C#N)cc2)C(=O)N(c2cc(Cl)cc(Cl)c2)c2ncc(S(=O)(=O)N3CCNCC3)n21. The number of aromatic nitrogens is 2. The van der Waals surface area contributed by atoms with Gasteiger partial charge in [0.25, 0.3) is 15.9 Å².